The molecule has 19 heavy (non-hydrogen) atoms. The molecule has 1 aliphatic carbocycles. The Balaban J connectivity index is 1.84. The molecule has 1 N–H and O–H groups in total. The minimum atomic E-state index is 0.628. The highest BCUT2D eigenvalue weighted by molar-refractivity contribution is 4.82. The van der Waals surface area contributed by atoms with E-state index in [4.69, 9.17) is 4.74 Å². The van der Waals surface area contributed by atoms with Crippen molar-refractivity contribution in [1.82, 2.24) is 5.32 Å². The average Bonchev–Trinajstić information content (AvgIpc) is 2.39. The van der Waals surface area contributed by atoms with Crippen LogP contribution in [-0.2, 0) is 4.74 Å². The standard InChI is InChI=1S/C17H33NO/c1-13(2)18-12-16-5-4-14(3)10-17(16)11-15-6-8-19-9-7-15/h13-18H,4-12H2,1-3H3. The van der Waals surface area contributed by atoms with Gasteiger partial charge in [0.25, 0.3) is 0 Å². The molecule has 1 saturated carbocycles. The fraction of sp³-hybridized carbons (Fsp3) is 1.00. The zero-order valence-corrected chi connectivity index (χ0v) is 13.2. The van der Waals surface area contributed by atoms with Gasteiger partial charge in [0, 0.05) is 19.3 Å². The highest BCUT2D eigenvalue weighted by atomic mass is 16.5. The quantitative estimate of drug-likeness (QED) is 0.817. The smallest absolute Gasteiger partial charge is 0.0468 e. The van der Waals surface area contributed by atoms with Gasteiger partial charge in [-0.2, -0.15) is 0 Å². The van der Waals surface area contributed by atoms with Crippen molar-refractivity contribution < 1.29 is 4.74 Å². The molecular formula is C17H33NO. The lowest BCUT2D eigenvalue weighted by molar-refractivity contribution is 0.0470. The molecule has 2 rings (SSSR count). The van der Waals surface area contributed by atoms with Crippen LogP contribution in [0.3, 0.4) is 0 Å². The molecule has 1 heterocycles. The molecule has 112 valence electrons. The second kappa shape index (κ2) is 7.64. The maximum Gasteiger partial charge on any atom is 0.0468 e. The molecule has 2 fully saturated rings. The lowest BCUT2D eigenvalue weighted by Crippen LogP contribution is -2.36. The topological polar surface area (TPSA) is 21.3 Å². The first-order chi connectivity index (χ1) is 9.15. The predicted molar refractivity (Wildman–Crippen MR) is 81.3 cm³/mol. The van der Waals surface area contributed by atoms with Crippen LogP contribution in [-0.4, -0.2) is 25.8 Å². The Bertz CT molecular complexity index is 248. The maximum atomic E-state index is 5.50. The number of nitrogens with one attached hydrogen (secondary N) is 1. The van der Waals surface area contributed by atoms with E-state index in [-0.39, 0.29) is 0 Å². The summed E-state index contributed by atoms with van der Waals surface area (Å²) in [5, 5.41) is 3.67. The number of hydrogen-bond donors (Lipinski definition) is 1. The Labute approximate surface area is 119 Å². The fourth-order valence-corrected chi connectivity index (χ4v) is 3.92. The van der Waals surface area contributed by atoms with Crippen molar-refractivity contribution in [2.45, 2.75) is 65.3 Å². The van der Waals surface area contributed by atoms with Gasteiger partial charge in [-0.15, -0.1) is 0 Å². The van der Waals surface area contributed by atoms with E-state index in [1.54, 1.807) is 0 Å². The Morgan fingerprint density at radius 3 is 2.47 bits per heavy atom. The summed E-state index contributed by atoms with van der Waals surface area (Å²) in [7, 11) is 0. The third kappa shape index (κ3) is 5.07. The molecule has 0 aromatic heterocycles. The van der Waals surface area contributed by atoms with Crippen molar-refractivity contribution >= 4 is 0 Å². The lowest BCUT2D eigenvalue weighted by Gasteiger charge is -2.38. The van der Waals surface area contributed by atoms with Crippen LogP contribution in [0.4, 0.5) is 0 Å². The number of ether oxygens (including phenoxy) is 1. The maximum absolute atomic E-state index is 5.50. The second-order valence-electron chi connectivity index (χ2n) is 7.29. The van der Waals surface area contributed by atoms with E-state index in [0.717, 1.165) is 36.9 Å². The molecule has 3 atom stereocenters. The minimum absolute atomic E-state index is 0.628. The summed E-state index contributed by atoms with van der Waals surface area (Å²) >= 11 is 0. The number of rotatable bonds is 5. The fourth-order valence-electron chi connectivity index (χ4n) is 3.92. The zero-order valence-electron chi connectivity index (χ0n) is 13.2. The summed E-state index contributed by atoms with van der Waals surface area (Å²) in [6.45, 7) is 10.2. The van der Waals surface area contributed by atoms with Gasteiger partial charge in [0.1, 0.15) is 0 Å². The van der Waals surface area contributed by atoms with Gasteiger partial charge < -0.3 is 10.1 Å². The van der Waals surface area contributed by atoms with E-state index >= 15 is 0 Å². The van der Waals surface area contributed by atoms with Crippen molar-refractivity contribution in [2.24, 2.45) is 23.7 Å². The van der Waals surface area contributed by atoms with Crippen molar-refractivity contribution in [3.63, 3.8) is 0 Å². The Hall–Kier alpha value is -0.0800. The molecule has 3 unspecified atom stereocenters. The average molecular weight is 267 g/mol. The van der Waals surface area contributed by atoms with Crippen LogP contribution in [0.1, 0.15) is 59.3 Å². The first-order valence-corrected chi connectivity index (χ1v) is 8.46. The summed E-state index contributed by atoms with van der Waals surface area (Å²) in [6, 6.07) is 0.628. The lowest BCUT2D eigenvalue weighted by atomic mass is 9.70. The minimum Gasteiger partial charge on any atom is -0.381 e. The summed E-state index contributed by atoms with van der Waals surface area (Å²) in [5.41, 5.74) is 0. The predicted octanol–water partition coefficient (Wildman–Crippen LogP) is 3.85. The Kier molecular flexibility index (Phi) is 6.15. The molecule has 1 saturated heterocycles. The highest BCUT2D eigenvalue weighted by Crippen LogP contribution is 2.38. The summed E-state index contributed by atoms with van der Waals surface area (Å²) in [5.74, 6) is 3.75. The van der Waals surface area contributed by atoms with E-state index in [1.807, 2.05) is 0 Å². The second-order valence-corrected chi connectivity index (χ2v) is 7.29. The van der Waals surface area contributed by atoms with Gasteiger partial charge in [0.05, 0.1) is 0 Å². The first kappa shape index (κ1) is 15.3. The van der Waals surface area contributed by atoms with Crippen LogP contribution in [0, 0.1) is 23.7 Å². The van der Waals surface area contributed by atoms with Gasteiger partial charge in [0.15, 0.2) is 0 Å². The van der Waals surface area contributed by atoms with Crippen molar-refractivity contribution in [3.05, 3.63) is 0 Å². The molecule has 0 radical (unpaired) electrons. The van der Waals surface area contributed by atoms with Crippen LogP contribution < -0.4 is 5.32 Å². The van der Waals surface area contributed by atoms with E-state index in [9.17, 15) is 0 Å². The van der Waals surface area contributed by atoms with Gasteiger partial charge >= 0.3 is 0 Å². The molecular weight excluding hydrogens is 234 g/mol. The van der Waals surface area contributed by atoms with Crippen molar-refractivity contribution in [1.29, 1.82) is 0 Å². The molecule has 2 heteroatoms. The van der Waals surface area contributed by atoms with Crippen LogP contribution in [0.5, 0.6) is 0 Å². The third-order valence-electron chi connectivity index (χ3n) is 5.17. The van der Waals surface area contributed by atoms with Crippen LogP contribution >= 0.6 is 0 Å². The molecule has 2 nitrogen and oxygen atoms in total. The van der Waals surface area contributed by atoms with Gasteiger partial charge in [-0.1, -0.05) is 27.2 Å². The Morgan fingerprint density at radius 1 is 1.05 bits per heavy atom. The highest BCUT2D eigenvalue weighted by Gasteiger charge is 2.30. The van der Waals surface area contributed by atoms with Gasteiger partial charge in [-0.25, -0.2) is 0 Å². The van der Waals surface area contributed by atoms with Crippen LogP contribution in [0.25, 0.3) is 0 Å². The zero-order chi connectivity index (χ0) is 13.7. The molecule has 1 aliphatic heterocycles. The molecule has 0 amide bonds. The third-order valence-corrected chi connectivity index (χ3v) is 5.17. The summed E-state index contributed by atoms with van der Waals surface area (Å²) in [6.07, 6.45) is 8.40. The van der Waals surface area contributed by atoms with Crippen molar-refractivity contribution in [3.8, 4) is 0 Å². The SMILES string of the molecule is CC1CCC(CNC(C)C)C(CC2CCOCC2)C1. The van der Waals surface area contributed by atoms with E-state index < -0.39 is 0 Å². The summed E-state index contributed by atoms with van der Waals surface area (Å²) < 4.78 is 5.50. The van der Waals surface area contributed by atoms with Crippen molar-refractivity contribution in [2.75, 3.05) is 19.8 Å². The Morgan fingerprint density at radius 2 is 1.79 bits per heavy atom. The van der Waals surface area contributed by atoms with Gasteiger partial charge in [0.2, 0.25) is 0 Å². The molecule has 0 aromatic carbocycles. The van der Waals surface area contributed by atoms with Crippen LogP contribution in [0.2, 0.25) is 0 Å². The van der Waals surface area contributed by atoms with E-state index in [1.165, 1.54) is 45.1 Å². The summed E-state index contributed by atoms with van der Waals surface area (Å²) in [4.78, 5) is 0. The monoisotopic (exact) mass is 267 g/mol. The van der Waals surface area contributed by atoms with Crippen LogP contribution in [0.15, 0.2) is 0 Å². The molecule has 0 aromatic rings. The van der Waals surface area contributed by atoms with Gasteiger partial charge in [-0.3, -0.25) is 0 Å². The van der Waals surface area contributed by atoms with Gasteiger partial charge in [-0.05, 0) is 62.3 Å². The first-order valence-electron chi connectivity index (χ1n) is 8.46. The normalized spacial score (nSPS) is 33.8. The molecule has 2 aliphatic rings. The van der Waals surface area contributed by atoms with E-state index in [0.29, 0.717) is 6.04 Å². The van der Waals surface area contributed by atoms with E-state index in [2.05, 4.69) is 26.1 Å². The largest absolute Gasteiger partial charge is 0.381 e. The molecule has 0 bridgehead atoms. The molecule has 0 spiro atoms. The number of hydrogen-bond acceptors (Lipinski definition) is 2.